The quantitative estimate of drug-likeness (QED) is 0.221. The average Bonchev–Trinajstić information content (AvgIpc) is 3.37. The maximum atomic E-state index is 13.9. The molecule has 35 heavy (non-hydrogen) atoms. The van der Waals surface area contributed by atoms with Crippen LogP contribution in [0.15, 0.2) is 85.3 Å². The summed E-state index contributed by atoms with van der Waals surface area (Å²) in [6.07, 6.45) is 6.94. The largest absolute Gasteiger partial charge is 3.00 e. The van der Waals surface area contributed by atoms with Gasteiger partial charge in [0.25, 0.3) is 0 Å². The van der Waals surface area contributed by atoms with Crippen LogP contribution in [0.2, 0.25) is 0 Å². The summed E-state index contributed by atoms with van der Waals surface area (Å²) in [5.74, 6) is -1.14. The molecule has 0 fully saturated rings. The first-order valence-corrected chi connectivity index (χ1v) is 11.1. The van der Waals surface area contributed by atoms with Gasteiger partial charge in [0.2, 0.25) is 0 Å². The van der Waals surface area contributed by atoms with Gasteiger partial charge in [-0.25, -0.2) is 4.39 Å². The Morgan fingerprint density at radius 3 is 2.71 bits per heavy atom. The fraction of sp³-hybridized carbons (Fsp3) is 0.138. The smallest absolute Gasteiger partial charge is 0.668 e. The van der Waals surface area contributed by atoms with Gasteiger partial charge in [0.1, 0.15) is 0 Å². The molecule has 0 amide bonds. The number of nitrogens with zero attached hydrogens (tertiary/aromatic N) is 3. The summed E-state index contributed by atoms with van der Waals surface area (Å²) in [6.45, 7) is 3.01. The standard InChI is InChI=1S/C18H12F2N.C11H10N2.Ir/c1-12-11-21-18(16-9-14(19)7-8-17(16)20)10-15(12)13-5-3-2-4-6-13;1-2-4-10-9(3-1)5-7-13-8-6-12-11(10)13;/h2-8,10-11H,1H3;1-3,6,8,11H,5,7H2;/q-1;-2;+3. The summed E-state index contributed by atoms with van der Waals surface area (Å²) < 4.78 is 27.1. The fourth-order valence-electron chi connectivity index (χ4n) is 4.23. The molecule has 0 saturated carbocycles. The average molecular weight is 643 g/mol. The second-order valence-corrected chi connectivity index (χ2v) is 8.20. The van der Waals surface area contributed by atoms with Crippen LogP contribution in [0.1, 0.15) is 22.9 Å². The summed E-state index contributed by atoms with van der Waals surface area (Å²) in [4.78, 5) is 6.46. The minimum Gasteiger partial charge on any atom is -0.668 e. The summed E-state index contributed by atoms with van der Waals surface area (Å²) in [5.41, 5.74) is 5.99. The van der Waals surface area contributed by atoms with E-state index in [1.165, 1.54) is 11.1 Å². The van der Waals surface area contributed by atoms with E-state index in [9.17, 15) is 8.78 Å². The number of pyridine rings is 1. The maximum absolute atomic E-state index is 13.9. The Bertz CT molecular complexity index is 1340. The zero-order valence-electron chi connectivity index (χ0n) is 19.0. The second-order valence-electron chi connectivity index (χ2n) is 8.20. The molecule has 1 atom stereocenters. The van der Waals surface area contributed by atoms with Crippen LogP contribution in [0.3, 0.4) is 0 Å². The van der Waals surface area contributed by atoms with Crippen molar-refractivity contribution in [1.29, 1.82) is 0 Å². The second kappa shape index (κ2) is 10.9. The zero-order chi connectivity index (χ0) is 23.5. The van der Waals surface area contributed by atoms with E-state index >= 15 is 0 Å². The minimum atomic E-state index is -0.602. The number of hydrogen-bond acceptors (Lipinski definition) is 2. The number of fused-ring (bicyclic) bond motifs is 3. The molecule has 0 N–H and O–H groups in total. The van der Waals surface area contributed by atoms with E-state index in [4.69, 9.17) is 0 Å². The van der Waals surface area contributed by atoms with Crippen LogP contribution in [0, 0.1) is 30.7 Å². The third kappa shape index (κ3) is 5.34. The molecule has 176 valence electrons. The predicted octanol–water partition coefficient (Wildman–Crippen LogP) is 7.00. The molecule has 3 aromatic carbocycles. The molecular formula is C29H22F2IrN3. The molecular weight excluding hydrogens is 621 g/mol. The van der Waals surface area contributed by atoms with Gasteiger partial charge >= 0.3 is 20.1 Å². The van der Waals surface area contributed by atoms with Crippen molar-refractivity contribution in [3.05, 3.63) is 131 Å². The monoisotopic (exact) mass is 643 g/mol. The summed E-state index contributed by atoms with van der Waals surface area (Å²) in [7, 11) is 0. The minimum absolute atomic E-state index is 0. The molecule has 0 bridgehead atoms. The molecule has 0 spiro atoms. The van der Waals surface area contributed by atoms with Gasteiger partial charge in [0.15, 0.2) is 0 Å². The first-order valence-electron chi connectivity index (χ1n) is 11.1. The van der Waals surface area contributed by atoms with E-state index in [-0.39, 0.29) is 31.8 Å². The van der Waals surface area contributed by atoms with Gasteiger partial charge in [-0.15, -0.1) is 18.2 Å². The zero-order valence-corrected chi connectivity index (χ0v) is 21.4. The van der Waals surface area contributed by atoms with Gasteiger partial charge in [-0.2, -0.15) is 41.6 Å². The van der Waals surface area contributed by atoms with Crippen molar-refractivity contribution in [2.75, 3.05) is 6.54 Å². The number of benzene rings is 3. The number of aromatic nitrogens is 1. The Hall–Kier alpha value is -3.34. The molecule has 1 unspecified atom stereocenters. The van der Waals surface area contributed by atoms with E-state index in [0.29, 0.717) is 5.69 Å². The van der Waals surface area contributed by atoms with E-state index in [0.717, 1.165) is 41.8 Å². The van der Waals surface area contributed by atoms with Gasteiger partial charge in [0.05, 0.1) is 0 Å². The first kappa shape index (κ1) is 24.8. The topological polar surface area (TPSA) is 30.2 Å². The Morgan fingerprint density at radius 2 is 1.89 bits per heavy atom. The molecule has 2 aliphatic heterocycles. The third-order valence-electron chi connectivity index (χ3n) is 5.98. The van der Waals surface area contributed by atoms with Crippen molar-refractivity contribution in [3.8, 4) is 22.4 Å². The molecule has 3 nitrogen and oxygen atoms in total. The molecule has 0 saturated heterocycles. The predicted molar refractivity (Wildman–Crippen MR) is 130 cm³/mol. The molecule has 0 aliphatic carbocycles. The van der Waals surface area contributed by atoms with E-state index in [1.807, 2.05) is 49.5 Å². The van der Waals surface area contributed by atoms with Crippen LogP contribution in [-0.2, 0) is 26.5 Å². The normalized spacial score (nSPS) is 15.2. The molecule has 3 heterocycles. The Kier molecular flexibility index (Phi) is 7.74. The van der Waals surface area contributed by atoms with Crippen molar-refractivity contribution in [3.63, 3.8) is 0 Å². The van der Waals surface area contributed by atoms with Crippen LogP contribution in [-0.4, -0.2) is 16.4 Å². The first-order chi connectivity index (χ1) is 16.6. The fourth-order valence-corrected chi connectivity index (χ4v) is 4.23. The Balaban J connectivity index is 0.000000177. The van der Waals surface area contributed by atoms with Crippen LogP contribution >= 0.6 is 0 Å². The number of halogens is 2. The van der Waals surface area contributed by atoms with Crippen LogP contribution in [0.5, 0.6) is 0 Å². The van der Waals surface area contributed by atoms with Crippen molar-refractivity contribution in [2.24, 2.45) is 0 Å². The number of rotatable bonds is 2. The summed E-state index contributed by atoms with van der Waals surface area (Å²) >= 11 is 0. The van der Waals surface area contributed by atoms with Crippen molar-refractivity contribution >= 4 is 0 Å². The van der Waals surface area contributed by atoms with Crippen molar-refractivity contribution in [1.82, 2.24) is 9.88 Å². The summed E-state index contributed by atoms with van der Waals surface area (Å²) in [6, 6.07) is 25.5. The molecule has 0 radical (unpaired) electrons. The van der Waals surface area contributed by atoms with Crippen LogP contribution in [0.4, 0.5) is 8.78 Å². The number of hydrogen-bond donors (Lipinski definition) is 0. The van der Waals surface area contributed by atoms with Crippen molar-refractivity contribution in [2.45, 2.75) is 19.5 Å². The molecule has 6 heteroatoms. The van der Waals surface area contributed by atoms with Gasteiger partial charge in [-0.05, 0) is 41.7 Å². The van der Waals surface area contributed by atoms with Crippen molar-refractivity contribution < 1.29 is 28.9 Å². The number of aryl methyl sites for hydroxylation is 1. The van der Waals surface area contributed by atoms with Crippen LogP contribution in [0.25, 0.3) is 27.7 Å². The maximum Gasteiger partial charge on any atom is 3.00 e. The SMILES string of the molecule is Cc1cnc(-c2[c-]c(F)ccc2F)cc1-c1ccccc1.[Ir+3].[c-]1cccc2c1C1[N-]C=CN1CC2. The third-order valence-corrected chi connectivity index (χ3v) is 5.98. The van der Waals surface area contributed by atoms with Gasteiger partial charge in [-0.3, -0.25) is 4.39 Å². The van der Waals surface area contributed by atoms with Gasteiger partial charge in [0, 0.05) is 24.4 Å². The van der Waals surface area contributed by atoms with Gasteiger partial charge in [-0.1, -0.05) is 48.4 Å². The summed E-state index contributed by atoms with van der Waals surface area (Å²) in [5, 5.41) is 4.41. The van der Waals surface area contributed by atoms with Crippen LogP contribution < -0.4 is 0 Å². The Morgan fingerprint density at radius 1 is 1.06 bits per heavy atom. The molecule has 4 aromatic rings. The van der Waals surface area contributed by atoms with E-state index in [1.54, 1.807) is 12.3 Å². The Labute approximate surface area is 217 Å². The van der Waals surface area contributed by atoms with E-state index in [2.05, 4.69) is 45.7 Å². The molecule has 6 rings (SSSR count). The van der Waals surface area contributed by atoms with Gasteiger partial charge < -0.3 is 15.2 Å². The van der Waals surface area contributed by atoms with E-state index < -0.39 is 11.6 Å². The molecule has 1 aromatic heterocycles. The molecule has 2 aliphatic rings.